The van der Waals surface area contributed by atoms with Crippen molar-refractivity contribution in [1.29, 1.82) is 0 Å². The fourth-order valence-electron chi connectivity index (χ4n) is 2.68. The van der Waals surface area contributed by atoms with Crippen LogP contribution in [0, 0.1) is 0 Å². The van der Waals surface area contributed by atoms with Gasteiger partial charge in [-0.3, -0.25) is 9.59 Å². The quantitative estimate of drug-likeness (QED) is 0.139. The first-order chi connectivity index (χ1) is 16.7. The van der Waals surface area contributed by atoms with E-state index in [2.05, 4.69) is 27.7 Å². The van der Waals surface area contributed by atoms with E-state index in [1.54, 1.807) is 0 Å². The van der Waals surface area contributed by atoms with Crippen LogP contribution in [0.25, 0.3) is 0 Å². The number of carbonyl (C=O) groups excluding carboxylic acids is 4. The Balaban J connectivity index is -0.000000448. The van der Waals surface area contributed by atoms with Gasteiger partial charge in [0.1, 0.15) is 11.6 Å². The summed E-state index contributed by atoms with van der Waals surface area (Å²) in [7, 11) is 0. The van der Waals surface area contributed by atoms with Crippen molar-refractivity contribution in [2.24, 2.45) is 0 Å². The van der Waals surface area contributed by atoms with E-state index in [0.717, 1.165) is 64.6 Å². The Hall–Kier alpha value is -0.917. The van der Waals surface area contributed by atoms with Crippen molar-refractivity contribution < 1.29 is 59.1 Å². The second-order valence-corrected chi connectivity index (χ2v) is 10.1. The maximum atomic E-state index is 10.9. The summed E-state index contributed by atoms with van der Waals surface area (Å²) >= 11 is -0.851. The van der Waals surface area contributed by atoms with Crippen LogP contribution in [0.3, 0.4) is 0 Å². The monoisotopic (exact) mass is 578 g/mol. The zero-order chi connectivity index (χ0) is 27.2. The topological polar surface area (TPSA) is 133 Å². The van der Waals surface area contributed by atoms with Crippen LogP contribution < -0.4 is 10.2 Å². The van der Waals surface area contributed by atoms with E-state index in [1.165, 1.54) is 25.7 Å². The summed E-state index contributed by atoms with van der Waals surface area (Å²) in [5.41, 5.74) is 0. The van der Waals surface area contributed by atoms with Crippen molar-refractivity contribution >= 4 is 23.5 Å². The average Bonchev–Trinajstić information content (AvgIpc) is 2.79. The van der Waals surface area contributed by atoms with Crippen molar-refractivity contribution in [1.82, 2.24) is 0 Å². The van der Waals surface area contributed by atoms with E-state index < -0.39 is 48.9 Å². The summed E-state index contributed by atoms with van der Waals surface area (Å²) in [4.78, 5) is 41.8. The Kier molecular flexibility index (Phi) is 36.5. The molecule has 204 valence electrons. The van der Waals surface area contributed by atoms with E-state index in [4.69, 9.17) is 5.63 Å². The van der Waals surface area contributed by atoms with Crippen LogP contribution in [-0.4, -0.2) is 36.7 Å². The fraction of sp³-hybridized carbons (Fsp3) is 0.846. The van der Waals surface area contributed by atoms with Gasteiger partial charge < -0.3 is 19.8 Å². The molecule has 35 heavy (non-hydrogen) atoms. The van der Waals surface area contributed by atoms with E-state index in [9.17, 15) is 29.4 Å². The molecule has 0 aliphatic carbocycles. The first-order valence-electron chi connectivity index (χ1n) is 13.2. The van der Waals surface area contributed by atoms with Gasteiger partial charge in [-0.05, 0) is 12.8 Å². The Bertz CT molecular complexity index is 468. The molecule has 8 nitrogen and oxygen atoms in total. The van der Waals surface area contributed by atoms with Gasteiger partial charge in [0, 0.05) is 37.6 Å². The first-order valence-corrected chi connectivity index (χ1v) is 15.2. The van der Waals surface area contributed by atoms with Crippen LogP contribution in [0.4, 0.5) is 0 Å². The number of Topliss-reactive ketones (excluding diaryl/α,β-unsaturated/α-hetero) is 2. The summed E-state index contributed by atoms with van der Waals surface area (Å²) in [6.45, 7) is 10.2. The van der Waals surface area contributed by atoms with Crippen molar-refractivity contribution in [3.05, 3.63) is 0 Å². The van der Waals surface area contributed by atoms with Crippen LogP contribution in [0.1, 0.15) is 130 Å². The standard InChI is InChI=1S/2C10H18O3.2C3H7O.Zr/c2*1-2-3-4-5-6-7-9(11)8-10(12)13;2*1-2-3-4;/h2*2-8H2,1H3,(H,12,13);2*2-3H2,1H3;/q;;2*-1;+4/p-2. The predicted molar refractivity (Wildman–Crippen MR) is 129 cm³/mol. The molecular formula is C26H48O8Zr. The van der Waals surface area contributed by atoms with Gasteiger partial charge in [0.25, 0.3) is 0 Å². The molecule has 0 aliphatic heterocycles. The summed E-state index contributed by atoms with van der Waals surface area (Å²) in [5, 5.41) is 20.0. The fourth-order valence-corrected chi connectivity index (χ4v) is 4.30. The van der Waals surface area contributed by atoms with Gasteiger partial charge in [-0.15, -0.1) is 0 Å². The number of carbonyl (C=O) groups is 4. The predicted octanol–water partition coefficient (Wildman–Crippen LogP) is 3.86. The molecule has 0 unspecified atom stereocenters. The van der Waals surface area contributed by atoms with Gasteiger partial charge in [0.05, 0.1) is 0 Å². The second kappa shape index (κ2) is 33.1. The van der Waals surface area contributed by atoms with Crippen molar-refractivity contribution in [2.45, 2.75) is 130 Å². The van der Waals surface area contributed by atoms with Crippen LogP contribution in [-0.2, 0) is 48.9 Å². The average molecular weight is 580 g/mol. The van der Waals surface area contributed by atoms with Gasteiger partial charge in [-0.2, -0.15) is 0 Å². The zero-order valence-electron chi connectivity index (χ0n) is 22.5. The van der Waals surface area contributed by atoms with Crippen LogP contribution >= 0.6 is 0 Å². The molecule has 0 aliphatic rings. The molecule has 0 spiro atoms. The molecule has 0 atom stereocenters. The van der Waals surface area contributed by atoms with Crippen molar-refractivity contribution in [3.8, 4) is 0 Å². The molecule has 0 saturated heterocycles. The number of aliphatic carboxylic acids is 2. The zero-order valence-corrected chi connectivity index (χ0v) is 25.0. The molecule has 0 saturated carbocycles. The van der Waals surface area contributed by atoms with Crippen molar-refractivity contribution in [3.63, 3.8) is 0 Å². The van der Waals surface area contributed by atoms with Gasteiger partial charge >= 0.3 is 69.6 Å². The summed E-state index contributed by atoms with van der Waals surface area (Å²) < 4.78 is 10.5. The molecule has 0 rings (SSSR count). The molecule has 0 aromatic rings. The molecule has 0 aromatic heterocycles. The molecule has 0 radical (unpaired) electrons. The molecular weight excluding hydrogens is 532 g/mol. The number of carboxylic acid groups (broad SMARTS) is 2. The summed E-state index contributed by atoms with van der Waals surface area (Å²) in [6.07, 6.45) is 12.8. The number of ketones is 2. The normalized spacial score (nSPS) is 9.71. The van der Waals surface area contributed by atoms with Crippen LogP contribution in [0.5, 0.6) is 0 Å². The van der Waals surface area contributed by atoms with E-state index in [0.29, 0.717) is 12.8 Å². The molecule has 0 bridgehead atoms. The number of rotatable bonds is 22. The Morgan fingerprint density at radius 2 is 0.886 bits per heavy atom. The van der Waals surface area contributed by atoms with E-state index in [-0.39, 0.29) is 11.6 Å². The molecule has 0 N–H and O–H groups in total. The third kappa shape index (κ3) is 43.6. The number of hydrogen-bond acceptors (Lipinski definition) is 8. The minimum atomic E-state index is -1.27. The van der Waals surface area contributed by atoms with Crippen molar-refractivity contribution in [2.75, 3.05) is 13.2 Å². The summed E-state index contributed by atoms with van der Waals surface area (Å²) in [6, 6.07) is 0. The molecule has 0 amide bonds. The molecule has 0 aromatic carbocycles. The number of hydrogen-bond donors (Lipinski definition) is 0. The minimum absolute atomic E-state index is 0.212. The van der Waals surface area contributed by atoms with E-state index >= 15 is 0 Å². The summed E-state index contributed by atoms with van der Waals surface area (Å²) in [5.74, 6) is -2.95. The van der Waals surface area contributed by atoms with Gasteiger partial charge in [0.15, 0.2) is 0 Å². The van der Waals surface area contributed by atoms with Gasteiger partial charge in [-0.1, -0.05) is 65.2 Å². The van der Waals surface area contributed by atoms with Gasteiger partial charge in [0.2, 0.25) is 0 Å². The Morgan fingerprint density at radius 3 is 1.17 bits per heavy atom. The number of unbranched alkanes of at least 4 members (excludes halogenated alkanes) is 8. The third-order valence-electron chi connectivity index (χ3n) is 4.53. The molecule has 0 fully saturated rings. The first kappa shape index (κ1) is 38.6. The number of carboxylic acids is 2. The van der Waals surface area contributed by atoms with Crippen LogP contribution in [0.15, 0.2) is 0 Å². The SMILES string of the molecule is CCCCCCCC(=O)CC(=O)[O-].CCCCCCCC(=O)CC(=O)[O-].CCC[O][Zr+2][O]CCC. The molecule has 9 heteroatoms. The Labute approximate surface area is 225 Å². The third-order valence-corrected chi connectivity index (χ3v) is 6.11. The maximum absolute atomic E-state index is 10.9. The van der Waals surface area contributed by atoms with E-state index in [1.807, 2.05) is 0 Å². The second-order valence-electron chi connectivity index (χ2n) is 8.28. The Morgan fingerprint density at radius 1 is 0.543 bits per heavy atom. The van der Waals surface area contributed by atoms with Gasteiger partial charge in [-0.25, -0.2) is 0 Å². The molecule has 0 heterocycles. The van der Waals surface area contributed by atoms with Crippen LogP contribution in [0.2, 0.25) is 0 Å².